The second-order valence-electron chi connectivity index (χ2n) is 3.65. The number of rotatable bonds is 3. The average Bonchev–Trinajstić information content (AvgIpc) is 2.74. The van der Waals surface area contributed by atoms with Crippen molar-refractivity contribution in [2.45, 2.75) is 13.0 Å². The highest BCUT2D eigenvalue weighted by atomic mass is 32.1. The summed E-state index contributed by atoms with van der Waals surface area (Å²) < 4.78 is 5.33. The second kappa shape index (κ2) is 4.68. The topological polar surface area (TPSA) is 35.2 Å². The lowest BCUT2D eigenvalue weighted by Crippen LogP contribution is -2.13. The summed E-state index contributed by atoms with van der Waals surface area (Å²) in [6, 6.07) is 9.87. The van der Waals surface area contributed by atoms with Crippen LogP contribution in [0.2, 0.25) is 0 Å². The molecule has 1 aromatic heterocycles. The minimum absolute atomic E-state index is 0.109. The minimum atomic E-state index is -0.109. The van der Waals surface area contributed by atoms with E-state index in [4.69, 9.17) is 10.5 Å². The van der Waals surface area contributed by atoms with E-state index in [1.165, 1.54) is 10.4 Å². The number of hydrogen-bond acceptors (Lipinski definition) is 3. The first-order valence-electron chi connectivity index (χ1n) is 5.16. The molecule has 0 saturated carbocycles. The summed E-state index contributed by atoms with van der Waals surface area (Å²) in [6.07, 6.45) is 0. The lowest BCUT2D eigenvalue weighted by Gasteiger charge is -2.15. The molecule has 0 amide bonds. The van der Waals surface area contributed by atoms with E-state index in [1.807, 2.05) is 24.3 Å². The summed E-state index contributed by atoms with van der Waals surface area (Å²) in [4.78, 5) is 1.26. The third kappa shape index (κ3) is 1.96. The summed E-state index contributed by atoms with van der Waals surface area (Å²) in [5, 5.41) is 2.07. The Hall–Kier alpha value is -1.32. The first-order valence-corrected chi connectivity index (χ1v) is 6.04. The van der Waals surface area contributed by atoms with Gasteiger partial charge in [-0.05, 0) is 30.0 Å². The Morgan fingerprint density at radius 2 is 1.94 bits per heavy atom. The zero-order chi connectivity index (χ0) is 11.5. The molecule has 1 aromatic carbocycles. The van der Waals surface area contributed by atoms with Crippen molar-refractivity contribution in [3.63, 3.8) is 0 Å². The van der Waals surface area contributed by atoms with E-state index in [1.54, 1.807) is 18.4 Å². The molecule has 1 unspecified atom stereocenters. The third-order valence-corrected chi connectivity index (χ3v) is 3.57. The molecule has 2 nitrogen and oxygen atoms in total. The van der Waals surface area contributed by atoms with E-state index < -0.39 is 0 Å². The molecule has 0 aliphatic heterocycles. The lowest BCUT2D eigenvalue weighted by molar-refractivity contribution is 0.408. The zero-order valence-corrected chi connectivity index (χ0v) is 10.3. The highest BCUT2D eigenvalue weighted by Crippen LogP contribution is 2.31. The SMILES string of the molecule is COc1ccccc1C(N)c1ccsc1C. The molecule has 1 heterocycles. The largest absolute Gasteiger partial charge is 0.496 e. The Bertz CT molecular complexity index is 478. The fourth-order valence-corrected chi connectivity index (χ4v) is 2.56. The molecule has 16 heavy (non-hydrogen) atoms. The number of methoxy groups -OCH3 is 1. The van der Waals surface area contributed by atoms with Gasteiger partial charge in [-0.25, -0.2) is 0 Å². The molecule has 2 rings (SSSR count). The molecule has 84 valence electrons. The zero-order valence-electron chi connectivity index (χ0n) is 9.44. The normalized spacial score (nSPS) is 12.4. The van der Waals surface area contributed by atoms with Gasteiger partial charge in [-0.15, -0.1) is 11.3 Å². The van der Waals surface area contributed by atoms with Crippen molar-refractivity contribution in [3.05, 3.63) is 51.7 Å². The van der Waals surface area contributed by atoms with Crippen LogP contribution in [0, 0.1) is 6.92 Å². The van der Waals surface area contributed by atoms with Gasteiger partial charge in [0.2, 0.25) is 0 Å². The monoisotopic (exact) mass is 233 g/mol. The smallest absolute Gasteiger partial charge is 0.123 e. The van der Waals surface area contributed by atoms with Crippen LogP contribution in [0.4, 0.5) is 0 Å². The molecule has 0 aliphatic rings. The van der Waals surface area contributed by atoms with Gasteiger partial charge >= 0.3 is 0 Å². The molecule has 0 radical (unpaired) electrons. The van der Waals surface area contributed by atoms with Gasteiger partial charge in [-0.3, -0.25) is 0 Å². The Morgan fingerprint density at radius 3 is 2.56 bits per heavy atom. The Labute approximate surface area is 99.7 Å². The van der Waals surface area contributed by atoms with Gasteiger partial charge in [0.05, 0.1) is 13.2 Å². The number of para-hydroxylation sites is 1. The van der Waals surface area contributed by atoms with Gasteiger partial charge in [0.1, 0.15) is 5.75 Å². The van der Waals surface area contributed by atoms with Crippen LogP contribution in [0.25, 0.3) is 0 Å². The van der Waals surface area contributed by atoms with Gasteiger partial charge in [0.25, 0.3) is 0 Å². The number of benzene rings is 1. The summed E-state index contributed by atoms with van der Waals surface area (Å²) in [5.41, 5.74) is 8.47. The van der Waals surface area contributed by atoms with E-state index in [0.29, 0.717) is 0 Å². The van der Waals surface area contributed by atoms with Crippen LogP contribution in [0.5, 0.6) is 5.75 Å². The van der Waals surface area contributed by atoms with Gasteiger partial charge in [-0.1, -0.05) is 18.2 Å². The van der Waals surface area contributed by atoms with Crippen LogP contribution in [0.1, 0.15) is 22.0 Å². The van der Waals surface area contributed by atoms with Crippen molar-refractivity contribution >= 4 is 11.3 Å². The van der Waals surface area contributed by atoms with Gasteiger partial charge < -0.3 is 10.5 Å². The van der Waals surface area contributed by atoms with Crippen LogP contribution in [-0.2, 0) is 0 Å². The standard InChI is InChI=1S/C13H15NOS/c1-9-10(7-8-16-9)13(14)11-5-3-4-6-12(11)15-2/h3-8,13H,14H2,1-2H3. The van der Waals surface area contributed by atoms with Crippen LogP contribution in [-0.4, -0.2) is 7.11 Å². The van der Waals surface area contributed by atoms with Gasteiger partial charge in [0, 0.05) is 10.4 Å². The first-order chi connectivity index (χ1) is 7.74. The van der Waals surface area contributed by atoms with E-state index >= 15 is 0 Å². The van der Waals surface area contributed by atoms with Gasteiger partial charge in [0.15, 0.2) is 0 Å². The molecule has 1 atom stereocenters. The first kappa shape index (κ1) is 11.2. The Balaban J connectivity index is 2.41. The predicted octanol–water partition coefficient (Wildman–Crippen LogP) is 3.11. The minimum Gasteiger partial charge on any atom is -0.496 e. The van der Waals surface area contributed by atoms with E-state index in [-0.39, 0.29) is 6.04 Å². The quantitative estimate of drug-likeness (QED) is 0.884. The van der Waals surface area contributed by atoms with E-state index in [9.17, 15) is 0 Å². The molecule has 3 heteroatoms. The molecule has 0 spiro atoms. The molecule has 0 fully saturated rings. The Morgan fingerprint density at radius 1 is 1.19 bits per heavy atom. The van der Waals surface area contributed by atoms with Crippen molar-refractivity contribution in [1.29, 1.82) is 0 Å². The molecular formula is C13H15NOS. The van der Waals surface area contributed by atoms with Crippen molar-refractivity contribution in [2.24, 2.45) is 5.73 Å². The highest BCUT2D eigenvalue weighted by Gasteiger charge is 2.15. The Kier molecular flexibility index (Phi) is 3.27. The summed E-state index contributed by atoms with van der Waals surface area (Å²) >= 11 is 1.72. The van der Waals surface area contributed by atoms with Gasteiger partial charge in [-0.2, -0.15) is 0 Å². The molecule has 0 saturated heterocycles. The number of nitrogens with two attached hydrogens (primary N) is 1. The van der Waals surface area contributed by atoms with E-state index in [2.05, 4.69) is 18.4 Å². The van der Waals surface area contributed by atoms with Crippen LogP contribution < -0.4 is 10.5 Å². The number of hydrogen-bond donors (Lipinski definition) is 1. The van der Waals surface area contributed by atoms with Crippen molar-refractivity contribution < 1.29 is 4.74 Å². The lowest BCUT2D eigenvalue weighted by atomic mass is 9.99. The highest BCUT2D eigenvalue weighted by molar-refractivity contribution is 7.10. The average molecular weight is 233 g/mol. The van der Waals surface area contributed by atoms with E-state index in [0.717, 1.165) is 11.3 Å². The van der Waals surface area contributed by atoms with Crippen LogP contribution in [0.15, 0.2) is 35.7 Å². The number of thiophene rings is 1. The molecule has 0 bridgehead atoms. The van der Waals surface area contributed by atoms with Crippen LogP contribution in [0.3, 0.4) is 0 Å². The summed E-state index contributed by atoms with van der Waals surface area (Å²) in [5.74, 6) is 0.848. The summed E-state index contributed by atoms with van der Waals surface area (Å²) in [7, 11) is 1.67. The van der Waals surface area contributed by atoms with Crippen LogP contribution >= 0.6 is 11.3 Å². The fourth-order valence-electron chi connectivity index (χ4n) is 1.81. The summed E-state index contributed by atoms with van der Waals surface area (Å²) in [6.45, 7) is 2.09. The predicted molar refractivity (Wildman–Crippen MR) is 68.1 cm³/mol. The molecule has 0 aliphatic carbocycles. The maximum Gasteiger partial charge on any atom is 0.123 e. The number of ether oxygens (including phenoxy) is 1. The number of aryl methyl sites for hydroxylation is 1. The molecule has 2 aromatic rings. The second-order valence-corrected chi connectivity index (χ2v) is 4.77. The van der Waals surface area contributed by atoms with Crippen molar-refractivity contribution in [3.8, 4) is 5.75 Å². The van der Waals surface area contributed by atoms with Crippen molar-refractivity contribution in [1.82, 2.24) is 0 Å². The fraction of sp³-hybridized carbons (Fsp3) is 0.231. The molecule has 2 N–H and O–H groups in total. The third-order valence-electron chi connectivity index (χ3n) is 2.71. The molecular weight excluding hydrogens is 218 g/mol. The van der Waals surface area contributed by atoms with Crippen molar-refractivity contribution in [2.75, 3.05) is 7.11 Å². The maximum absolute atomic E-state index is 6.26. The maximum atomic E-state index is 6.26.